The molecule has 7 nitrogen and oxygen atoms in total. The molecule has 0 aliphatic carbocycles. The second-order valence-electron chi connectivity index (χ2n) is 5.59. The van der Waals surface area contributed by atoms with E-state index in [-0.39, 0.29) is 11.8 Å². The van der Waals surface area contributed by atoms with Gasteiger partial charge in [-0.15, -0.1) is 0 Å². The van der Waals surface area contributed by atoms with Crippen LogP contribution < -0.4 is 10.2 Å². The molecule has 1 heterocycles. The number of nitrogens with zero attached hydrogens (tertiary/aromatic N) is 3. The number of urea groups is 1. The molecule has 0 bridgehead atoms. The highest BCUT2D eigenvalue weighted by molar-refractivity contribution is 7.90. The van der Waals surface area contributed by atoms with Gasteiger partial charge in [-0.1, -0.05) is 6.07 Å². The van der Waals surface area contributed by atoms with Gasteiger partial charge in [0, 0.05) is 51.7 Å². The maximum atomic E-state index is 12.1. The minimum absolute atomic E-state index is 0.0627. The molecule has 22 heavy (non-hydrogen) atoms. The molecule has 0 aromatic carbocycles. The van der Waals surface area contributed by atoms with Crippen molar-refractivity contribution in [3.05, 3.63) is 23.9 Å². The van der Waals surface area contributed by atoms with Crippen molar-refractivity contribution < 1.29 is 13.2 Å². The van der Waals surface area contributed by atoms with Gasteiger partial charge in [0.15, 0.2) is 0 Å². The predicted molar refractivity (Wildman–Crippen MR) is 87.7 cm³/mol. The van der Waals surface area contributed by atoms with Gasteiger partial charge < -0.3 is 15.1 Å². The van der Waals surface area contributed by atoms with E-state index in [2.05, 4.69) is 10.3 Å². The topological polar surface area (TPSA) is 82.6 Å². The van der Waals surface area contributed by atoms with E-state index in [1.54, 1.807) is 20.2 Å². The summed E-state index contributed by atoms with van der Waals surface area (Å²) >= 11 is 0. The number of hydrogen-bond donors (Lipinski definition) is 1. The number of sulfone groups is 1. The molecule has 0 aliphatic heterocycles. The molecule has 0 fully saturated rings. The van der Waals surface area contributed by atoms with Crippen LogP contribution >= 0.6 is 0 Å². The Kier molecular flexibility index (Phi) is 6.16. The molecule has 1 aromatic heterocycles. The molecule has 1 N–H and O–H groups in total. The molecular weight excluding hydrogens is 304 g/mol. The fourth-order valence-corrected chi connectivity index (χ4v) is 3.12. The first-order chi connectivity index (χ1) is 10.1. The largest absolute Gasteiger partial charge is 0.362 e. The lowest BCUT2D eigenvalue weighted by atomic mass is 10.2. The number of anilines is 1. The molecule has 0 saturated heterocycles. The van der Waals surface area contributed by atoms with Crippen LogP contribution in [0.3, 0.4) is 0 Å². The van der Waals surface area contributed by atoms with Crippen molar-refractivity contribution in [2.45, 2.75) is 19.5 Å². The standard InChI is InChI=1S/C14H24N4O3S/c1-11(10-22(5,20)21)18(4)14(19)16-9-12-7-6-8-15-13(12)17(2)3/h6-8,11H,9-10H2,1-5H3,(H,16,19)/t11-/m1/s1. The summed E-state index contributed by atoms with van der Waals surface area (Å²) < 4.78 is 22.6. The van der Waals surface area contributed by atoms with Crippen molar-refractivity contribution in [2.24, 2.45) is 0 Å². The molecule has 8 heteroatoms. The van der Waals surface area contributed by atoms with Gasteiger partial charge in [-0.3, -0.25) is 0 Å². The van der Waals surface area contributed by atoms with Crippen molar-refractivity contribution >= 4 is 21.7 Å². The van der Waals surface area contributed by atoms with E-state index in [0.29, 0.717) is 6.54 Å². The Morgan fingerprint density at radius 3 is 2.55 bits per heavy atom. The van der Waals surface area contributed by atoms with Gasteiger partial charge in [-0.05, 0) is 13.0 Å². The zero-order valence-corrected chi connectivity index (χ0v) is 14.5. The van der Waals surface area contributed by atoms with Gasteiger partial charge in [-0.25, -0.2) is 18.2 Å². The molecule has 1 atom stereocenters. The third-order valence-corrected chi connectivity index (χ3v) is 4.33. The molecule has 0 aliphatic rings. The highest BCUT2D eigenvalue weighted by Gasteiger charge is 2.19. The second kappa shape index (κ2) is 7.44. The molecular formula is C14H24N4O3S. The second-order valence-corrected chi connectivity index (χ2v) is 7.78. The molecule has 2 amide bonds. The van der Waals surface area contributed by atoms with E-state index < -0.39 is 15.9 Å². The maximum Gasteiger partial charge on any atom is 0.317 e. The lowest BCUT2D eigenvalue weighted by Gasteiger charge is -2.25. The summed E-state index contributed by atoms with van der Waals surface area (Å²) in [6.45, 7) is 2.03. The third-order valence-electron chi connectivity index (χ3n) is 3.25. The van der Waals surface area contributed by atoms with Crippen LogP contribution in [0.15, 0.2) is 18.3 Å². The van der Waals surface area contributed by atoms with E-state index in [9.17, 15) is 13.2 Å². The molecule has 1 rings (SSSR count). The van der Waals surface area contributed by atoms with Crippen molar-refractivity contribution in [2.75, 3.05) is 38.1 Å². The van der Waals surface area contributed by atoms with Crippen molar-refractivity contribution in [3.8, 4) is 0 Å². The fraction of sp³-hybridized carbons (Fsp3) is 0.571. The van der Waals surface area contributed by atoms with Crippen LogP contribution in [0.4, 0.5) is 10.6 Å². The van der Waals surface area contributed by atoms with Gasteiger partial charge in [0.05, 0.1) is 5.75 Å². The average molecular weight is 328 g/mol. The summed E-state index contributed by atoms with van der Waals surface area (Å²) in [5.41, 5.74) is 0.894. The van der Waals surface area contributed by atoms with Gasteiger partial charge in [-0.2, -0.15) is 0 Å². The zero-order chi connectivity index (χ0) is 16.9. The first-order valence-electron chi connectivity index (χ1n) is 6.91. The lowest BCUT2D eigenvalue weighted by molar-refractivity contribution is 0.197. The minimum Gasteiger partial charge on any atom is -0.362 e. The number of aromatic nitrogens is 1. The van der Waals surface area contributed by atoms with Crippen LogP contribution in [-0.4, -0.2) is 63.5 Å². The summed E-state index contributed by atoms with van der Waals surface area (Å²) in [4.78, 5) is 19.6. The predicted octanol–water partition coefficient (Wildman–Crippen LogP) is 0.722. The molecule has 124 valence electrons. The van der Waals surface area contributed by atoms with E-state index in [4.69, 9.17) is 0 Å². The summed E-state index contributed by atoms with van der Waals surface area (Å²) in [7, 11) is 2.23. The SMILES string of the molecule is C[C@H](CS(C)(=O)=O)N(C)C(=O)NCc1cccnc1N(C)C. The zero-order valence-electron chi connectivity index (χ0n) is 13.7. The quantitative estimate of drug-likeness (QED) is 0.832. The number of rotatable bonds is 6. The summed E-state index contributed by atoms with van der Waals surface area (Å²) in [5.74, 6) is 0.724. The fourth-order valence-electron chi connectivity index (χ4n) is 2.02. The molecule has 0 radical (unpaired) electrons. The van der Waals surface area contributed by atoms with Crippen LogP contribution in [0, 0.1) is 0 Å². The average Bonchev–Trinajstić information content (AvgIpc) is 2.42. The molecule has 0 spiro atoms. The van der Waals surface area contributed by atoms with E-state index in [0.717, 1.165) is 17.6 Å². The van der Waals surface area contributed by atoms with E-state index >= 15 is 0 Å². The Morgan fingerprint density at radius 2 is 2.00 bits per heavy atom. The van der Waals surface area contributed by atoms with Crippen LogP contribution in [-0.2, 0) is 16.4 Å². The van der Waals surface area contributed by atoms with Gasteiger partial charge in [0.2, 0.25) is 0 Å². The van der Waals surface area contributed by atoms with E-state index in [1.807, 2.05) is 31.1 Å². The number of carbonyl (C=O) groups excluding carboxylic acids is 1. The van der Waals surface area contributed by atoms with Gasteiger partial charge in [0.25, 0.3) is 0 Å². The monoisotopic (exact) mass is 328 g/mol. The molecule has 0 unspecified atom stereocenters. The highest BCUT2D eigenvalue weighted by atomic mass is 32.2. The van der Waals surface area contributed by atoms with Crippen LogP contribution in [0.2, 0.25) is 0 Å². The number of nitrogens with one attached hydrogen (secondary N) is 1. The van der Waals surface area contributed by atoms with Crippen molar-refractivity contribution in [1.29, 1.82) is 0 Å². The van der Waals surface area contributed by atoms with Crippen LogP contribution in [0.1, 0.15) is 12.5 Å². The summed E-state index contributed by atoms with van der Waals surface area (Å²) in [6.07, 6.45) is 2.86. The molecule has 0 saturated carbocycles. The Balaban J connectivity index is 2.66. The normalized spacial score (nSPS) is 12.6. The Hall–Kier alpha value is -1.83. The van der Waals surface area contributed by atoms with Crippen molar-refractivity contribution in [1.82, 2.24) is 15.2 Å². The Morgan fingerprint density at radius 1 is 1.36 bits per heavy atom. The minimum atomic E-state index is -3.13. The number of hydrogen-bond acceptors (Lipinski definition) is 5. The van der Waals surface area contributed by atoms with Crippen molar-refractivity contribution in [3.63, 3.8) is 0 Å². The number of pyridine rings is 1. The van der Waals surface area contributed by atoms with Crippen LogP contribution in [0.5, 0.6) is 0 Å². The number of amides is 2. The Bertz CT molecular complexity index is 616. The lowest BCUT2D eigenvalue weighted by Crippen LogP contribution is -2.44. The number of carbonyl (C=O) groups is 1. The molecule has 1 aromatic rings. The first kappa shape index (κ1) is 18.2. The summed E-state index contributed by atoms with van der Waals surface area (Å²) in [5, 5.41) is 2.79. The smallest absolute Gasteiger partial charge is 0.317 e. The maximum absolute atomic E-state index is 12.1. The van der Waals surface area contributed by atoms with Gasteiger partial charge in [0.1, 0.15) is 15.7 Å². The highest BCUT2D eigenvalue weighted by Crippen LogP contribution is 2.14. The Labute approximate surface area is 132 Å². The van der Waals surface area contributed by atoms with Gasteiger partial charge >= 0.3 is 6.03 Å². The third kappa shape index (κ3) is 5.51. The van der Waals surface area contributed by atoms with E-state index in [1.165, 1.54) is 4.90 Å². The van der Waals surface area contributed by atoms with Crippen LogP contribution in [0.25, 0.3) is 0 Å². The first-order valence-corrected chi connectivity index (χ1v) is 8.97. The summed E-state index contributed by atoms with van der Waals surface area (Å²) in [6, 6.07) is 2.99.